The third-order valence-electron chi connectivity index (χ3n) is 3.57. The normalized spacial score (nSPS) is 21.8. The Labute approximate surface area is 125 Å². The van der Waals surface area contributed by atoms with Gasteiger partial charge in [-0.15, -0.1) is 11.6 Å². The first-order valence-corrected chi connectivity index (χ1v) is 7.61. The minimum atomic E-state index is -0.353. The average Bonchev–Trinajstić information content (AvgIpc) is 2.44. The zero-order chi connectivity index (χ0) is 14.8. The molecular formula is C16H22ClNO2. The van der Waals surface area contributed by atoms with Crippen LogP contribution in [0.25, 0.3) is 0 Å². The number of carbonyl (C=O) groups is 1. The van der Waals surface area contributed by atoms with Gasteiger partial charge in [-0.1, -0.05) is 25.1 Å². The fraction of sp³-hybridized carbons (Fsp3) is 0.562. The Morgan fingerprint density at radius 2 is 2.15 bits per heavy atom. The topological polar surface area (TPSA) is 29.5 Å². The minimum absolute atomic E-state index is 0.0777. The molecule has 1 saturated heterocycles. The fourth-order valence-corrected chi connectivity index (χ4v) is 2.90. The number of hydrogen-bond donors (Lipinski definition) is 0. The fourth-order valence-electron chi connectivity index (χ4n) is 2.74. The molecule has 0 radical (unpaired) electrons. The third-order valence-corrected chi connectivity index (χ3v) is 3.91. The Morgan fingerprint density at radius 1 is 1.45 bits per heavy atom. The van der Waals surface area contributed by atoms with Crippen LogP contribution in [-0.4, -0.2) is 41.5 Å². The van der Waals surface area contributed by atoms with Crippen LogP contribution in [0.5, 0.6) is 0 Å². The van der Waals surface area contributed by atoms with Crippen molar-refractivity contribution in [3.63, 3.8) is 0 Å². The van der Waals surface area contributed by atoms with Crippen LogP contribution in [0.15, 0.2) is 24.3 Å². The average molecular weight is 296 g/mol. The van der Waals surface area contributed by atoms with Crippen molar-refractivity contribution >= 4 is 17.5 Å². The SMILES string of the molecule is CCc1ccccc1C(=O)N1CC(CCl)OC(C)(C)C1. The van der Waals surface area contributed by atoms with Crippen LogP contribution in [0.4, 0.5) is 0 Å². The number of amides is 1. The second-order valence-electron chi connectivity index (χ2n) is 5.85. The van der Waals surface area contributed by atoms with E-state index in [9.17, 15) is 4.79 Å². The molecular weight excluding hydrogens is 274 g/mol. The van der Waals surface area contributed by atoms with E-state index >= 15 is 0 Å². The number of aryl methyl sites for hydroxylation is 1. The molecule has 20 heavy (non-hydrogen) atoms. The van der Waals surface area contributed by atoms with Gasteiger partial charge >= 0.3 is 0 Å². The van der Waals surface area contributed by atoms with Crippen LogP contribution in [0, 0.1) is 0 Å². The van der Waals surface area contributed by atoms with E-state index in [2.05, 4.69) is 6.92 Å². The molecule has 0 aliphatic carbocycles. The molecule has 1 unspecified atom stereocenters. The molecule has 0 aromatic heterocycles. The second kappa shape index (κ2) is 6.15. The standard InChI is InChI=1S/C16H22ClNO2/c1-4-12-7-5-6-8-14(12)15(19)18-10-13(9-17)20-16(2,3)11-18/h5-8,13H,4,9-11H2,1-3H3. The predicted molar refractivity (Wildman–Crippen MR) is 81.4 cm³/mol. The lowest BCUT2D eigenvalue weighted by molar-refractivity contribution is -0.117. The van der Waals surface area contributed by atoms with E-state index in [1.807, 2.05) is 43.0 Å². The molecule has 0 bridgehead atoms. The Kier molecular flexibility index (Phi) is 4.71. The van der Waals surface area contributed by atoms with Gasteiger partial charge in [0, 0.05) is 18.7 Å². The lowest BCUT2D eigenvalue weighted by Gasteiger charge is -2.42. The molecule has 2 rings (SSSR count). The van der Waals surface area contributed by atoms with E-state index < -0.39 is 0 Å². The molecule has 1 aliphatic heterocycles. The number of hydrogen-bond acceptors (Lipinski definition) is 2. The molecule has 3 nitrogen and oxygen atoms in total. The highest BCUT2D eigenvalue weighted by Gasteiger charge is 2.35. The van der Waals surface area contributed by atoms with Crippen LogP contribution >= 0.6 is 11.6 Å². The summed E-state index contributed by atoms with van der Waals surface area (Å²) >= 11 is 5.92. The maximum Gasteiger partial charge on any atom is 0.254 e. The number of alkyl halides is 1. The third kappa shape index (κ3) is 3.33. The van der Waals surface area contributed by atoms with Crippen molar-refractivity contribution in [3.05, 3.63) is 35.4 Å². The van der Waals surface area contributed by atoms with E-state index in [1.165, 1.54) is 0 Å². The van der Waals surface area contributed by atoms with Crippen molar-refractivity contribution in [2.75, 3.05) is 19.0 Å². The van der Waals surface area contributed by atoms with Gasteiger partial charge in [0.05, 0.1) is 17.6 Å². The van der Waals surface area contributed by atoms with E-state index in [0.29, 0.717) is 19.0 Å². The number of benzene rings is 1. The van der Waals surface area contributed by atoms with Crippen LogP contribution in [0.2, 0.25) is 0 Å². The number of carbonyl (C=O) groups excluding carboxylic acids is 1. The zero-order valence-corrected chi connectivity index (χ0v) is 13.1. The maximum atomic E-state index is 12.8. The summed E-state index contributed by atoms with van der Waals surface area (Å²) in [6.45, 7) is 7.22. The summed E-state index contributed by atoms with van der Waals surface area (Å²) in [5, 5.41) is 0. The molecule has 1 atom stereocenters. The van der Waals surface area contributed by atoms with E-state index in [0.717, 1.165) is 17.5 Å². The molecule has 1 aromatic carbocycles. The molecule has 1 aromatic rings. The van der Waals surface area contributed by atoms with Crippen LogP contribution < -0.4 is 0 Å². The Hall–Kier alpha value is -1.06. The van der Waals surface area contributed by atoms with E-state index in [4.69, 9.17) is 16.3 Å². The number of nitrogens with zero attached hydrogens (tertiary/aromatic N) is 1. The van der Waals surface area contributed by atoms with Crippen molar-refractivity contribution < 1.29 is 9.53 Å². The van der Waals surface area contributed by atoms with Gasteiger partial charge in [0.25, 0.3) is 5.91 Å². The highest BCUT2D eigenvalue weighted by atomic mass is 35.5. The van der Waals surface area contributed by atoms with Gasteiger partial charge in [-0.05, 0) is 31.9 Å². The number of ether oxygens (including phenoxy) is 1. The van der Waals surface area contributed by atoms with Crippen LogP contribution in [0.3, 0.4) is 0 Å². The zero-order valence-electron chi connectivity index (χ0n) is 12.4. The largest absolute Gasteiger partial charge is 0.367 e. The second-order valence-corrected chi connectivity index (χ2v) is 6.16. The van der Waals surface area contributed by atoms with Crippen LogP contribution in [-0.2, 0) is 11.2 Å². The minimum Gasteiger partial charge on any atom is -0.367 e. The van der Waals surface area contributed by atoms with Crippen LogP contribution in [0.1, 0.15) is 36.7 Å². The first-order valence-electron chi connectivity index (χ1n) is 7.08. The van der Waals surface area contributed by atoms with Gasteiger partial charge in [0.2, 0.25) is 0 Å². The summed E-state index contributed by atoms with van der Waals surface area (Å²) < 4.78 is 5.87. The van der Waals surface area contributed by atoms with Gasteiger partial charge in [0.15, 0.2) is 0 Å². The lowest BCUT2D eigenvalue weighted by Crippen LogP contribution is -2.55. The Balaban J connectivity index is 2.23. The molecule has 4 heteroatoms. The van der Waals surface area contributed by atoms with E-state index in [-0.39, 0.29) is 17.6 Å². The van der Waals surface area contributed by atoms with Gasteiger partial charge < -0.3 is 9.64 Å². The van der Waals surface area contributed by atoms with E-state index in [1.54, 1.807) is 0 Å². The summed E-state index contributed by atoms with van der Waals surface area (Å²) in [5.41, 5.74) is 1.53. The molecule has 1 fully saturated rings. The van der Waals surface area contributed by atoms with Crippen molar-refractivity contribution in [3.8, 4) is 0 Å². The van der Waals surface area contributed by atoms with Gasteiger partial charge in [0.1, 0.15) is 0 Å². The van der Waals surface area contributed by atoms with Gasteiger partial charge in [-0.3, -0.25) is 4.79 Å². The lowest BCUT2D eigenvalue weighted by atomic mass is 10.0. The van der Waals surface area contributed by atoms with Crippen molar-refractivity contribution in [1.29, 1.82) is 0 Å². The Morgan fingerprint density at radius 3 is 2.80 bits per heavy atom. The van der Waals surface area contributed by atoms with Gasteiger partial charge in [-0.25, -0.2) is 0 Å². The summed E-state index contributed by atoms with van der Waals surface area (Å²) in [5.74, 6) is 0.483. The smallest absolute Gasteiger partial charge is 0.254 e. The first-order chi connectivity index (χ1) is 9.46. The monoisotopic (exact) mass is 295 g/mol. The van der Waals surface area contributed by atoms with Gasteiger partial charge in [-0.2, -0.15) is 0 Å². The molecule has 0 saturated carbocycles. The molecule has 1 amide bonds. The number of rotatable bonds is 3. The number of morpholine rings is 1. The summed E-state index contributed by atoms with van der Waals surface area (Å²) in [6, 6.07) is 7.80. The summed E-state index contributed by atoms with van der Waals surface area (Å²) in [7, 11) is 0. The quantitative estimate of drug-likeness (QED) is 0.802. The summed E-state index contributed by atoms with van der Waals surface area (Å²) in [6.07, 6.45) is 0.757. The van der Waals surface area contributed by atoms with Crippen molar-refractivity contribution in [2.45, 2.75) is 38.9 Å². The first kappa shape index (κ1) is 15.3. The molecule has 1 heterocycles. The van der Waals surface area contributed by atoms with Crippen molar-refractivity contribution in [1.82, 2.24) is 4.90 Å². The maximum absolute atomic E-state index is 12.8. The number of halogens is 1. The molecule has 0 spiro atoms. The van der Waals surface area contributed by atoms with Crippen molar-refractivity contribution in [2.24, 2.45) is 0 Å². The summed E-state index contributed by atoms with van der Waals surface area (Å²) in [4.78, 5) is 14.6. The predicted octanol–water partition coefficient (Wildman–Crippen LogP) is 3.11. The highest BCUT2D eigenvalue weighted by Crippen LogP contribution is 2.24. The molecule has 110 valence electrons. The Bertz CT molecular complexity index is 487. The molecule has 0 N–H and O–H groups in total. The molecule has 1 aliphatic rings. The highest BCUT2D eigenvalue weighted by molar-refractivity contribution is 6.18.